The van der Waals surface area contributed by atoms with Crippen LogP contribution in [0.3, 0.4) is 0 Å². The Kier molecular flexibility index (Phi) is 2.44. The minimum absolute atomic E-state index is 0.0581. The molecule has 0 bridgehead atoms. The average Bonchev–Trinajstić information content (AvgIpc) is 3.00. The van der Waals surface area contributed by atoms with Crippen LogP contribution < -0.4 is 5.32 Å². The molecular weight excluding hydrogens is 212 g/mol. The zero-order chi connectivity index (χ0) is 11.7. The fourth-order valence-electron chi connectivity index (χ4n) is 2.60. The Morgan fingerprint density at radius 1 is 1.35 bits per heavy atom. The van der Waals surface area contributed by atoms with Gasteiger partial charge in [0.25, 0.3) is 0 Å². The molecule has 1 aliphatic rings. The zero-order valence-corrected chi connectivity index (χ0v) is 9.93. The quantitative estimate of drug-likeness (QED) is 0.853. The summed E-state index contributed by atoms with van der Waals surface area (Å²) in [5.41, 5.74) is 2.47. The van der Waals surface area contributed by atoms with Crippen LogP contribution in [0.1, 0.15) is 25.3 Å². The molecule has 2 heterocycles. The van der Waals surface area contributed by atoms with Gasteiger partial charge in [-0.25, -0.2) is 9.67 Å². The van der Waals surface area contributed by atoms with Gasteiger partial charge in [-0.1, -0.05) is 18.2 Å². The molecule has 4 heteroatoms. The van der Waals surface area contributed by atoms with Gasteiger partial charge in [0.2, 0.25) is 0 Å². The lowest BCUT2D eigenvalue weighted by Gasteiger charge is -2.27. The van der Waals surface area contributed by atoms with Gasteiger partial charge in [0.15, 0.2) is 0 Å². The summed E-state index contributed by atoms with van der Waals surface area (Å²) in [4.78, 5) is 4.02. The first-order chi connectivity index (χ1) is 8.30. The molecular formula is C13H16N4. The second kappa shape index (κ2) is 3.96. The summed E-state index contributed by atoms with van der Waals surface area (Å²) < 4.78 is 1.83. The first-order valence-corrected chi connectivity index (χ1v) is 5.99. The molecule has 1 fully saturated rings. The van der Waals surface area contributed by atoms with Crippen molar-refractivity contribution in [2.75, 3.05) is 6.54 Å². The normalized spacial score (nSPS) is 24.1. The molecule has 2 aromatic rings. The van der Waals surface area contributed by atoms with Crippen molar-refractivity contribution in [3.8, 4) is 5.69 Å². The Hall–Kier alpha value is -1.68. The summed E-state index contributed by atoms with van der Waals surface area (Å²) in [5, 5.41) is 7.82. The van der Waals surface area contributed by atoms with Crippen LogP contribution in [0.2, 0.25) is 0 Å². The maximum Gasteiger partial charge on any atom is 0.138 e. The van der Waals surface area contributed by atoms with Crippen LogP contribution in [-0.2, 0) is 5.54 Å². The number of nitrogens with zero attached hydrogens (tertiary/aromatic N) is 3. The number of benzene rings is 1. The number of para-hydroxylation sites is 1. The molecule has 4 nitrogen and oxygen atoms in total. The molecule has 88 valence electrons. The van der Waals surface area contributed by atoms with Crippen molar-refractivity contribution in [2.45, 2.75) is 25.3 Å². The molecule has 0 saturated carbocycles. The maximum absolute atomic E-state index is 4.23. The Balaban J connectivity index is 2.11. The molecule has 0 amide bonds. The van der Waals surface area contributed by atoms with Crippen LogP contribution >= 0.6 is 0 Å². The molecule has 1 unspecified atom stereocenters. The summed E-state index contributed by atoms with van der Waals surface area (Å²) >= 11 is 0. The van der Waals surface area contributed by atoms with Crippen molar-refractivity contribution in [3.63, 3.8) is 0 Å². The van der Waals surface area contributed by atoms with Crippen LogP contribution in [0.15, 0.2) is 36.9 Å². The van der Waals surface area contributed by atoms with Crippen LogP contribution in [0, 0.1) is 0 Å². The van der Waals surface area contributed by atoms with Gasteiger partial charge < -0.3 is 5.32 Å². The summed E-state index contributed by atoms with van der Waals surface area (Å²) in [7, 11) is 0. The molecule has 1 aromatic heterocycles. The van der Waals surface area contributed by atoms with Gasteiger partial charge in [0.1, 0.15) is 12.7 Å². The van der Waals surface area contributed by atoms with E-state index in [0.717, 1.165) is 12.2 Å². The first-order valence-electron chi connectivity index (χ1n) is 5.99. The SMILES string of the molecule is CC1(c2ccccc2-n2cncn2)CCCN1. The molecule has 1 aromatic carbocycles. The minimum Gasteiger partial charge on any atom is -0.308 e. The fraction of sp³-hybridized carbons (Fsp3) is 0.385. The summed E-state index contributed by atoms with van der Waals surface area (Å²) in [6, 6.07) is 8.39. The second-order valence-corrected chi connectivity index (χ2v) is 4.72. The molecule has 0 spiro atoms. The summed E-state index contributed by atoms with van der Waals surface area (Å²) in [6.07, 6.45) is 5.71. The molecule has 1 saturated heterocycles. The van der Waals surface area contributed by atoms with Gasteiger partial charge in [-0.05, 0) is 37.9 Å². The molecule has 3 rings (SSSR count). The molecule has 1 atom stereocenters. The largest absolute Gasteiger partial charge is 0.308 e. The van der Waals surface area contributed by atoms with Gasteiger partial charge in [-0.2, -0.15) is 5.10 Å². The van der Waals surface area contributed by atoms with E-state index in [0.29, 0.717) is 0 Å². The van der Waals surface area contributed by atoms with E-state index in [-0.39, 0.29) is 5.54 Å². The predicted molar refractivity (Wildman–Crippen MR) is 65.9 cm³/mol. The minimum atomic E-state index is 0.0581. The van der Waals surface area contributed by atoms with Gasteiger partial charge in [-0.3, -0.25) is 0 Å². The van der Waals surface area contributed by atoms with E-state index < -0.39 is 0 Å². The molecule has 0 radical (unpaired) electrons. The monoisotopic (exact) mass is 228 g/mol. The predicted octanol–water partition coefficient (Wildman–Crippen LogP) is 1.87. The van der Waals surface area contributed by atoms with Crippen molar-refractivity contribution < 1.29 is 0 Å². The Morgan fingerprint density at radius 3 is 2.94 bits per heavy atom. The third-order valence-corrected chi connectivity index (χ3v) is 3.53. The van der Waals surface area contributed by atoms with Crippen molar-refractivity contribution in [1.82, 2.24) is 20.1 Å². The van der Waals surface area contributed by atoms with E-state index in [1.807, 2.05) is 10.7 Å². The van der Waals surface area contributed by atoms with Crippen LogP contribution in [0.25, 0.3) is 5.69 Å². The lowest BCUT2D eigenvalue weighted by molar-refractivity contribution is 0.432. The second-order valence-electron chi connectivity index (χ2n) is 4.72. The van der Waals surface area contributed by atoms with E-state index >= 15 is 0 Å². The number of aromatic nitrogens is 3. The Bertz CT molecular complexity index is 498. The van der Waals surface area contributed by atoms with E-state index in [2.05, 4.69) is 40.5 Å². The first kappa shape index (κ1) is 10.5. The van der Waals surface area contributed by atoms with Gasteiger partial charge >= 0.3 is 0 Å². The fourth-order valence-corrected chi connectivity index (χ4v) is 2.60. The highest BCUT2D eigenvalue weighted by molar-refractivity contribution is 5.44. The van der Waals surface area contributed by atoms with Crippen molar-refractivity contribution in [2.24, 2.45) is 0 Å². The van der Waals surface area contributed by atoms with Crippen LogP contribution in [0.5, 0.6) is 0 Å². The highest BCUT2D eigenvalue weighted by Gasteiger charge is 2.32. The van der Waals surface area contributed by atoms with E-state index in [1.165, 1.54) is 18.4 Å². The van der Waals surface area contributed by atoms with E-state index in [1.54, 1.807) is 12.7 Å². The third-order valence-electron chi connectivity index (χ3n) is 3.53. The summed E-state index contributed by atoms with van der Waals surface area (Å²) in [5.74, 6) is 0. The van der Waals surface area contributed by atoms with Gasteiger partial charge in [-0.15, -0.1) is 0 Å². The molecule has 17 heavy (non-hydrogen) atoms. The highest BCUT2D eigenvalue weighted by Crippen LogP contribution is 2.33. The van der Waals surface area contributed by atoms with Crippen LogP contribution in [-0.4, -0.2) is 21.3 Å². The lowest BCUT2D eigenvalue weighted by atomic mass is 9.89. The average molecular weight is 228 g/mol. The van der Waals surface area contributed by atoms with Crippen molar-refractivity contribution >= 4 is 0 Å². The number of nitrogens with one attached hydrogen (secondary N) is 1. The van der Waals surface area contributed by atoms with Crippen molar-refractivity contribution in [3.05, 3.63) is 42.5 Å². The number of hydrogen-bond acceptors (Lipinski definition) is 3. The highest BCUT2D eigenvalue weighted by atomic mass is 15.3. The van der Waals surface area contributed by atoms with E-state index in [9.17, 15) is 0 Å². The summed E-state index contributed by atoms with van der Waals surface area (Å²) in [6.45, 7) is 3.35. The molecule has 1 aliphatic heterocycles. The Morgan fingerprint density at radius 2 is 2.24 bits per heavy atom. The van der Waals surface area contributed by atoms with Crippen molar-refractivity contribution in [1.29, 1.82) is 0 Å². The van der Waals surface area contributed by atoms with E-state index in [4.69, 9.17) is 0 Å². The van der Waals surface area contributed by atoms with Crippen LogP contribution in [0.4, 0.5) is 0 Å². The number of hydrogen-bond donors (Lipinski definition) is 1. The topological polar surface area (TPSA) is 42.7 Å². The van der Waals surface area contributed by atoms with Gasteiger partial charge in [0, 0.05) is 5.54 Å². The number of rotatable bonds is 2. The van der Waals surface area contributed by atoms with Gasteiger partial charge in [0.05, 0.1) is 5.69 Å². The third kappa shape index (κ3) is 1.74. The molecule has 1 N–H and O–H groups in total. The maximum atomic E-state index is 4.23. The Labute approximate surface area is 101 Å². The lowest BCUT2D eigenvalue weighted by Crippen LogP contribution is -2.34. The smallest absolute Gasteiger partial charge is 0.138 e. The standard InChI is InChI=1S/C13H16N4/c1-13(7-4-8-15-13)11-5-2-3-6-12(11)17-10-14-9-16-17/h2-3,5-6,9-10,15H,4,7-8H2,1H3. The zero-order valence-electron chi connectivity index (χ0n) is 9.93. The molecule has 0 aliphatic carbocycles.